The highest BCUT2D eigenvalue weighted by molar-refractivity contribution is 5.84. The summed E-state index contributed by atoms with van der Waals surface area (Å²) in [5.74, 6) is -2.46. The maximum Gasteiger partial charge on any atom is 0.196 e. The average molecular weight is 302 g/mol. The van der Waals surface area contributed by atoms with Gasteiger partial charge in [0.15, 0.2) is 22.7 Å². The molecule has 0 amide bonds. The molecule has 0 aliphatic heterocycles. The number of phenols is 2. The zero-order chi connectivity index (χ0) is 15.9. The van der Waals surface area contributed by atoms with Gasteiger partial charge in [-0.25, -0.2) is 4.39 Å². The zero-order valence-electron chi connectivity index (χ0n) is 12.0. The van der Waals surface area contributed by atoms with Crippen molar-refractivity contribution in [1.82, 2.24) is 9.13 Å². The monoisotopic (exact) mass is 302 g/mol. The molecular formula is C16H15FN2O3. The molecule has 2 N–H and O–H groups in total. The van der Waals surface area contributed by atoms with Crippen molar-refractivity contribution in [2.75, 3.05) is 0 Å². The first-order valence-corrected chi connectivity index (χ1v) is 6.90. The molecule has 0 bridgehead atoms. The van der Waals surface area contributed by atoms with Crippen molar-refractivity contribution < 1.29 is 14.6 Å². The number of halogens is 1. The third-order valence-electron chi connectivity index (χ3n) is 3.69. The molecule has 0 spiro atoms. The van der Waals surface area contributed by atoms with Gasteiger partial charge in [-0.15, -0.1) is 0 Å². The molecule has 22 heavy (non-hydrogen) atoms. The third kappa shape index (κ3) is 2.13. The second-order valence-electron chi connectivity index (χ2n) is 5.08. The zero-order valence-corrected chi connectivity index (χ0v) is 12.0. The predicted octanol–water partition coefficient (Wildman–Crippen LogP) is 2.42. The second kappa shape index (κ2) is 5.22. The summed E-state index contributed by atoms with van der Waals surface area (Å²) < 4.78 is 17.6. The maximum atomic E-state index is 14.2. The van der Waals surface area contributed by atoms with E-state index >= 15 is 0 Å². The van der Waals surface area contributed by atoms with E-state index in [0.29, 0.717) is 18.7 Å². The Morgan fingerprint density at radius 3 is 2.55 bits per heavy atom. The smallest absolute Gasteiger partial charge is 0.196 e. The average Bonchev–Trinajstić information content (AvgIpc) is 3.01. The molecule has 0 radical (unpaired) electrons. The first kappa shape index (κ1) is 14.2. The summed E-state index contributed by atoms with van der Waals surface area (Å²) in [4.78, 5) is 12.6. The van der Waals surface area contributed by atoms with Gasteiger partial charge < -0.3 is 19.3 Å². The van der Waals surface area contributed by atoms with E-state index in [1.807, 2.05) is 36.0 Å². The number of rotatable bonds is 3. The Labute approximate surface area is 125 Å². The van der Waals surface area contributed by atoms with Crippen LogP contribution in [0, 0.1) is 5.82 Å². The Kier molecular flexibility index (Phi) is 3.36. The van der Waals surface area contributed by atoms with Gasteiger partial charge in [-0.1, -0.05) is 0 Å². The van der Waals surface area contributed by atoms with Crippen LogP contribution in [0.25, 0.3) is 10.9 Å². The highest BCUT2D eigenvalue weighted by Gasteiger charge is 2.18. The van der Waals surface area contributed by atoms with Crippen LogP contribution in [-0.4, -0.2) is 19.3 Å². The van der Waals surface area contributed by atoms with E-state index < -0.39 is 17.3 Å². The molecule has 0 aliphatic rings. The van der Waals surface area contributed by atoms with Gasteiger partial charge in [0.2, 0.25) is 0 Å². The Balaban J connectivity index is 2.31. The van der Waals surface area contributed by atoms with E-state index in [9.17, 15) is 19.4 Å². The Morgan fingerprint density at radius 1 is 1.23 bits per heavy atom. The van der Waals surface area contributed by atoms with Gasteiger partial charge >= 0.3 is 0 Å². The van der Waals surface area contributed by atoms with Crippen molar-refractivity contribution in [3.05, 3.63) is 58.4 Å². The first-order chi connectivity index (χ1) is 10.5. The summed E-state index contributed by atoms with van der Waals surface area (Å²) in [5, 5.41) is 19.2. The number of benzene rings is 1. The molecule has 5 nitrogen and oxygen atoms in total. The molecule has 3 rings (SSSR count). The minimum atomic E-state index is -0.985. The van der Waals surface area contributed by atoms with Crippen molar-refractivity contribution in [3.8, 4) is 11.5 Å². The fourth-order valence-electron chi connectivity index (χ4n) is 2.59. The Hall–Kier alpha value is -2.76. The summed E-state index contributed by atoms with van der Waals surface area (Å²) in [5.41, 5.74) is 0.122. The van der Waals surface area contributed by atoms with Crippen LogP contribution in [0.15, 0.2) is 41.6 Å². The lowest BCUT2D eigenvalue weighted by Crippen LogP contribution is -2.17. The minimum absolute atomic E-state index is 0.000874. The summed E-state index contributed by atoms with van der Waals surface area (Å²) in [6, 6.07) is 4.81. The lowest BCUT2D eigenvalue weighted by atomic mass is 10.1. The highest BCUT2D eigenvalue weighted by Crippen LogP contribution is 2.33. The fraction of sp³-hybridized carbons (Fsp3) is 0.188. The molecular weight excluding hydrogens is 287 g/mol. The molecule has 0 fully saturated rings. The molecule has 0 aliphatic carbocycles. The molecule has 6 heteroatoms. The van der Waals surface area contributed by atoms with Crippen LogP contribution < -0.4 is 5.43 Å². The number of pyridine rings is 1. The van der Waals surface area contributed by atoms with Gasteiger partial charge in [0.05, 0.1) is 17.4 Å². The van der Waals surface area contributed by atoms with Gasteiger partial charge in [-0.05, 0) is 25.1 Å². The SMILES string of the molecule is CCn1cc(Cn2cccc2)c(=O)c2cc(O)c(O)c(F)c21. The number of hydrogen-bond acceptors (Lipinski definition) is 3. The Bertz CT molecular complexity index is 898. The standard InChI is InChI=1S/C16H15FN2O3/c1-2-19-9-10(8-18-5-3-4-6-18)15(21)11-7-12(20)16(22)13(17)14(11)19/h3-7,9,20,22H,2,8H2,1H3. The molecule has 2 aromatic heterocycles. The summed E-state index contributed by atoms with van der Waals surface area (Å²) in [7, 11) is 0. The third-order valence-corrected chi connectivity index (χ3v) is 3.69. The number of nitrogens with zero attached hydrogens (tertiary/aromatic N) is 2. The van der Waals surface area contributed by atoms with Crippen LogP contribution >= 0.6 is 0 Å². The van der Waals surface area contributed by atoms with E-state index in [-0.39, 0.29) is 16.3 Å². The summed E-state index contributed by atoms with van der Waals surface area (Å²) in [6.45, 7) is 2.59. The molecule has 2 heterocycles. The number of aromatic nitrogens is 2. The molecule has 0 saturated carbocycles. The molecule has 1 aromatic carbocycles. The second-order valence-corrected chi connectivity index (χ2v) is 5.08. The maximum absolute atomic E-state index is 14.2. The predicted molar refractivity (Wildman–Crippen MR) is 80.7 cm³/mol. The molecule has 114 valence electrons. The van der Waals surface area contributed by atoms with Gasteiger partial charge in [0.25, 0.3) is 0 Å². The number of hydrogen-bond donors (Lipinski definition) is 2. The topological polar surface area (TPSA) is 67.4 Å². The number of fused-ring (bicyclic) bond motifs is 1. The summed E-state index contributed by atoms with van der Waals surface area (Å²) >= 11 is 0. The molecule has 0 atom stereocenters. The first-order valence-electron chi connectivity index (χ1n) is 6.90. The minimum Gasteiger partial charge on any atom is -0.504 e. The highest BCUT2D eigenvalue weighted by atomic mass is 19.1. The van der Waals surface area contributed by atoms with Crippen LogP contribution in [0.1, 0.15) is 12.5 Å². The van der Waals surface area contributed by atoms with Crippen molar-refractivity contribution >= 4 is 10.9 Å². The molecule has 0 unspecified atom stereocenters. The number of phenolic OH excluding ortho intramolecular Hbond substituents is 2. The van der Waals surface area contributed by atoms with Crippen LogP contribution in [-0.2, 0) is 13.1 Å². The van der Waals surface area contributed by atoms with E-state index in [2.05, 4.69) is 0 Å². The van der Waals surface area contributed by atoms with E-state index in [1.165, 1.54) is 0 Å². The van der Waals surface area contributed by atoms with Gasteiger partial charge in [0, 0.05) is 30.7 Å². The summed E-state index contributed by atoms with van der Waals surface area (Å²) in [6.07, 6.45) is 5.24. The quantitative estimate of drug-likeness (QED) is 0.730. The normalized spacial score (nSPS) is 11.2. The van der Waals surface area contributed by atoms with Crippen LogP contribution in [0.4, 0.5) is 4.39 Å². The van der Waals surface area contributed by atoms with Gasteiger partial charge in [-0.3, -0.25) is 4.79 Å². The fourth-order valence-corrected chi connectivity index (χ4v) is 2.59. The van der Waals surface area contributed by atoms with Crippen molar-refractivity contribution in [2.24, 2.45) is 0 Å². The lowest BCUT2D eigenvalue weighted by molar-refractivity contribution is 0.381. The van der Waals surface area contributed by atoms with Crippen LogP contribution in [0.3, 0.4) is 0 Å². The number of aryl methyl sites for hydroxylation is 1. The number of aromatic hydroxyl groups is 2. The molecule has 3 aromatic rings. The van der Waals surface area contributed by atoms with Crippen molar-refractivity contribution in [3.63, 3.8) is 0 Å². The van der Waals surface area contributed by atoms with E-state index in [0.717, 1.165) is 6.07 Å². The van der Waals surface area contributed by atoms with Gasteiger partial charge in [-0.2, -0.15) is 0 Å². The Morgan fingerprint density at radius 2 is 1.91 bits per heavy atom. The van der Waals surface area contributed by atoms with Crippen LogP contribution in [0.2, 0.25) is 0 Å². The molecule has 0 saturated heterocycles. The van der Waals surface area contributed by atoms with Crippen molar-refractivity contribution in [2.45, 2.75) is 20.0 Å². The van der Waals surface area contributed by atoms with E-state index in [4.69, 9.17) is 0 Å². The van der Waals surface area contributed by atoms with Gasteiger partial charge in [0.1, 0.15) is 0 Å². The largest absolute Gasteiger partial charge is 0.504 e. The lowest BCUT2D eigenvalue weighted by Gasteiger charge is -2.14. The van der Waals surface area contributed by atoms with Crippen LogP contribution in [0.5, 0.6) is 11.5 Å². The van der Waals surface area contributed by atoms with Crippen molar-refractivity contribution in [1.29, 1.82) is 0 Å². The van der Waals surface area contributed by atoms with E-state index in [1.54, 1.807) is 10.8 Å².